The number of carbonyl (C=O) groups is 1. The molecule has 0 saturated carbocycles. The Hall–Kier alpha value is -1.22. The fourth-order valence-corrected chi connectivity index (χ4v) is 2.88. The van der Waals surface area contributed by atoms with Gasteiger partial charge in [-0.3, -0.25) is 4.79 Å². The minimum Gasteiger partial charge on any atom is -0.387 e. The molecule has 0 aromatic heterocycles. The molecule has 110 valence electrons. The van der Waals surface area contributed by atoms with Crippen molar-refractivity contribution in [3.63, 3.8) is 0 Å². The molecule has 1 aliphatic heterocycles. The summed E-state index contributed by atoms with van der Waals surface area (Å²) in [5.41, 5.74) is 1.83. The SMILES string of the molecule is CNc1ccc(Cl)cc1C(=O)N1CCCC(C)(C)CC1. The van der Waals surface area contributed by atoms with Gasteiger partial charge < -0.3 is 10.2 Å². The first-order chi connectivity index (χ1) is 9.43. The highest BCUT2D eigenvalue weighted by Gasteiger charge is 2.26. The molecular weight excluding hydrogens is 272 g/mol. The van der Waals surface area contributed by atoms with Crippen molar-refractivity contribution in [3.05, 3.63) is 28.8 Å². The van der Waals surface area contributed by atoms with Gasteiger partial charge >= 0.3 is 0 Å². The van der Waals surface area contributed by atoms with Crippen LogP contribution >= 0.6 is 11.6 Å². The van der Waals surface area contributed by atoms with E-state index in [0.717, 1.165) is 31.6 Å². The summed E-state index contributed by atoms with van der Waals surface area (Å²) < 4.78 is 0. The van der Waals surface area contributed by atoms with E-state index in [2.05, 4.69) is 19.2 Å². The molecular formula is C16H23ClN2O. The maximum absolute atomic E-state index is 12.7. The van der Waals surface area contributed by atoms with Gasteiger partial charge in [-0.2, -0.15) is 0 Å². The predicted molar refractivity (Wildman–Crippen MR) is 84.5 cm³/mol. The number of rotatable bonds is 2. The highest BCUT2D eigenvalue weighted by atomic mass is 35.5. The van der Waals surface area contributed by atoms with E-state index in [9.17, 15) is 4.79 Å². The molecule has 0 bridgehead atoms. The van der Waals surface area contributed by atoms with Gasteiger partial charge in [0.05, 0.1) is 5.56 Å². The van der Waals surface area contributed by atoms with Crippen molar-refractivity contribution in [2.75, 3.05) is 25.5 Å². The van der Waals surface area contributed by atoms with Crippen molar-refractivity contribution in [2.24, 2.45) is 5.41 Å². The van der Waals surface area contributed by atoms with Crippen LogP contribution in [0.1, 0.15) is 43.5 Å². The van der Waals surface area contributed by atoms with E-state index in [0.29, 0.717) is 16.0 Å². The number of anilines is 1. The van der Waals surface area contributed by atoms with Crippen LogP contribution in [0.3, 0.4) is 0 Å². The van der Waals surface area contributed by atoms with Gasteiger partial charge in [0.15, 0.2) is 0 Å². The second-order valence-corrected chi connectivity index (χ2v) is 6.69. The summed E-state index contributed by atoms with van der Waals surface area (Å²) in [6, 6.07) is 5.42. The lowest BCUT2D eigenvalue weighted by Gasteiger charge is -2.24. The molecule has 0 aliphatic carbocycles. The summed E-state index contributed by atoms with van der Waals surface area (Å²) in [5.74, 6) is 0.0783. The number of benzene rings is 1. The van der Waals surface area contributed by atoms with Crippen LogP contribution in [0.5, 0.6) is 0 Å². The van der Waals surface area contributed by atoms with Crippen molar-refractivity contribution in [1.82, 2.24) is 4.90 Å². The van der Waals surface area contributed by atoms with Crippen molar-refractivity contribution in [3.8, 4) is 0 Å². The first-order valence-corrected chi connectivity index (χ1v) is 7.57. The minimum atomic E-state index is 0.0783. The largest absolute Gasteiger partial charge is 0.387 e. The molecule has 0 spiro atoms. The summed E-state index contributed by atoms with van der Waals surface area (Å²) in [4.78, 5) is 14.7. The Labute approximate surface area is 126 Å². The van der Waals surface area contributed by atoms with Crippen LogP contribution in [0, 0.1) is 5.41 Å². The lowest BCUT2D eigenvalue weighted by molar-refractivity contribution is 0.0758. The number of halogens is 1. The van der Waals surface area contributed by atoms with Gasteiger partial charge in [0, 0.05) is 30.8 Å². The molecule has 1 heterocycles. The second kappa shape index (κ2) is 6.04. The summed E-state index contributed by atoms with van der Waals surface area (Å²) >= 11 is 6.04. The van der Waals surface area contributed by atoms with Crippen molar-refractivity contribution >= 4 is 23.2 Å². The molecule has 20 heavy (non-hydrogen) atoms. The summed E-state index contributed by atoms with van der Waals surface area (Å²) in [5, 5.41) is 3.67. The fourth-order valence-electron chi connectivity index (χ4n) is 2.71. The Bertz CT molecular complexity index is 499. The zero-order chi connectivity index (χ0) is 14.8. The standard InChI is InChI=1S/C16H23ClN2O/c1-16(2)7-4-9-19(10-8-16)15(20)13-11-12(17)5-6-14(13)18-3/h5-6,11,18H,4,7-10H2,1-3H3. The van der Waals surface area contributed by atoms with E-state index < -0.39 is 0 Å². The van der Waals surface area contributed by atoms with Gasteiger partial charge in [-0.05, 0) is 42.9 Å². The maximum Gasteiger partial charge on any atom is 0.256 e. The molecule has 4 heteroatoms. The lowest BCUT2D eigenvalue weighted by atomic mass is 9.85. The molecule has 1 saturated heterocycles. The Morgan fingerprint density at radius 2 is 2.05 bits per heavy atom. The van der Waals surface area contributed by atoms with Crippen LogP contribution < -0.4 is 5.32 Å². The van der Waals surface area contributed by atoms with Crippen LogP contribution in [-0.4, -0.2) is 30.9 Å². The maximum atomic E-state index is 12.7. The van der Waals surface area contributed by atoms with Crippen LogP contribution in [-0.2, 0) is 0 Å². The molecule has 3 nitrogen and oxygen atoms in total. The van der Waals surface area contributed by atoms with E-state index in [1.54, 1.807) is 12.1 Å². The predicted octanol–water partition coefficient (Wildman–Crippen LogP) is 4.03. The summed E-state index contributed by atoms with van der Waals surface area (Å²) in [7, 11) is 1.82. The number of hydrogen-bond acceptors (Lipinski definition) is 2. The molecule has 1 N–H and O–H groups in total. The molecule has 1 fully saturated rings. The Kier molecular flexibility index (Phi) is 4.59. The molecule has 1 amide bonds. The summed E-state index contributed by atoms with van der Waals surface area (Å²) in [6.07, 6.45) is 3.29. The Balaban J connectivity index is 2.21. The van der Waals surface area contributed by atoms with Crippen LogP contribution in [0.2, 0.25) is 5.02 Å². The number of carbonyl (C=O) groups excluding carboxylic acids is 1. The summed E-state index contributed by atoms with van der Waals surface area (Å²) in [6.45, 7) is 6.21. The number of hydrogen-bond donors (Lipinski definition) is 1. The van der Waals surface area contributed by atoms with Gasteiger partial charge in [-0.15, -0.1) is 0 Å². The van der Waals surface area contributed by atoms with Gasteiger partial charge in [-0.25, -0.2) is 0 Å². The highest BCUT2D eigenvalue weighted by Crippen LogP contribution is 2.31. The average molecular weight is 295 g/mol. The number of amides is 1. The first-order valence-electron chi connectivity index (χ1n) is 7.19. The van der Waals surface area contributed by atoms with Gasteiger partial charge in [-0.1, -0.05) is 25.4 Å². The molecule has 0 atom stereocenters. The molecule has 1 aromatic rings. The zero-order valence-electron chi connectivity index (χ0n) is 12.5. The van der Waals surface area contributed by atoms with Crippen molar-refractivity contribution < 1.29 is 4.79 Å². The van der Waals surface area contributed by atoms with Gasteiger partial charge in [0.2, 0.25) is 0 Å². The molecule has 2 rings (SSSR count). The zero-order valence-corrected chi connectivity index (χ0v) is 13.3. The Morgan fingerprint density at radius 3 is 2.75 bits per heavy atom. The second-order valence-electron chi connectivity index (χ2n) is 6.25. The average Bonchev–Trinajstić information content (AvgIpc) is 2.59. The van der Waals surface area contributed by atoms with Crippen LogP contribution in [0.15, 0.2) is 18.2 Å². The van der Waals surface area contributed by atoms with Crippen molar-refractivity contribution in [2.45, 2.75) is 33.1 Å². The molecule has 1 aliphatic rings. The van der Waals surface area contributed by atoms with Gasteiger partial charge in [0.25, 0.3) is 5.91 Å². The van der Waals surface area contributed by atoms with E-state index >= 15 is 0 Å². The van der Waals surface area contributed by atoms with E-state index in [1.165, 1.54) is 6.42 Å². The van der Waals surface area contributed by atoms with E-state index in [4.69, 9.17) is 11.6 Å². The van der Waals surface area contributed by atoms with Crippen LogP contribution in [0.4, 0.5) is 5.69 Å². The van der Waals surface area contributed by atoms with Crippen LogP contribution in [0.25, 0.3) is 0 Å². The monoisotopic (exact) mass is 294 g/mol. The van der Waals surface area contributed by atoms with E-state index in [1.807, 2.05) is 18.0 Å². The lowest BCUT2D eigenvalue weighted by Crippen LogP contribution is -2.32. The molecule has 0 unspecified atom stereocenters. The normalized spacial score (nSPS) is 18.5. The third-order valence-corrected chi connectivity index (χ3v) is 4.34. The smallest absolute Gasteiger partial charge is 0.256 e. The molecule has 0 radical (unpaired) electrons. The third kappa shape index (κ3) is 3.45. The third-order valence-electron chi connectivity index (χ3n) is 4.11. The quantitative estimate of drug-likeness (QED) is 0.893. The highest BCUT2D eigenvalue weighted by molar-refractivity contribution is 6.31. The van der Waals surface area contributed by atoms with E-state index in [-0.39, 0.29) is 5.91 Å². The molecule has 1 aromatic carbocycles. The number of likely N-dealkylation sites (tertiary alicyclic amines) is 1. The van der Waals surface area contributed by atoms with Gasteiger partial charge in [0.1, 0.15) is 0 Å². The minimum absolute atomic E-state index is 0.0783. The topological polar surface area (TPSA) is 32.3 Å². The van der Waals surface area contributed by atoms with Crippen molar-refractivity contribution in [1.29, 1.82) is 0 Å². The fraction of sp³-hybridized carbons (Fsp3) is 0.562. The Morgan fingerprint density at radius 1 is 1.30 bits per heavy atom. The number of nitrogens with one attached hydrogen (secondary N) is 1. The first kappa shape index (κ1) is 15.2. The number of nitrogens with zero attached hydrogens (tertiary/aromatic N) is 1.